The van der Waals surface area contributed by atoms with Gasteiger partial charge in [-0.25, -0.2) is 0 Å². The lowest BCUT2D eigenvalue weighted by Gasteiger charge is -2.47. The van der Waals surface area contributed by atoms with Gasteiger partial charge in [0.1, 0.15) is 0 Å². The first-order valence-corrected chi connectivity index (χ1v) is 5.66. The standard InChI is InChI=1S/C8H16INO/c1-10(6-5-9)8(7-11)3-2-4-8/h11H,2-7H2,1H3. The molecule has 0 heterocycles. The normalized spacial score (nSPS) is 21.8. The van der Waals surface area contributed by atoms with Gasteiger partial charge in [-0.2, -0.15) is 0 Å². The molecule has 1 rings (SSSR count). The Morgan fingerprint density at radius 1 is 1.55 bits per heavy atom. The number of nitrogens with zero attached hydrogens (tertiary/aromatic N) is 1. The van der Waals surface area contributed by atoms with Crippen molar-refractivity contribution in [3.8, 4) is 0 Å². The maximum Gasteiger partial charge on any atom is 0.0615 e. The number of rotatable bonds is 4. The summed E-state index contributed by atoms with van der Waals surface area (Å²) in [7, 11) is 2.12. The van der Waals surface area contributed by atoms with Gasteiger partial charge in [0.15, 0.2) is 0 Å². The molecule has 0 atom stereocenters. The highest BCUT2D eigenvalue weighted by molar-refractivity contribution is 14.1. The number of alkyl halides is 1. The van der Waals surface area contributed by atoms with E-state index in [-0.39, 0.29) is 5.54 Å². The fourth-order valence-electron chi connectivity index (χ4n) is 1.61. The highest BCUT2D eigenvalue weighted by atomic mass is 127. The Bertz CT molecular complexity index is 120. The Morgan fingerprint density at radius 2 is 2.18 bits per heavy atom. The van der Waals surface area contributed by atoms with E-state index in [1.807, 2.05) is 0 Å². The largest absolute Gasteiger partial charge is 0.394 e. The summed E-state index contributed by atoms with van der Waals surface area (Å²) in [6, 6.07) is 0. The zero-order valence-corrected chi connectivity index (χ0v) is 9.17. The molecule has 2 nitrogen and oxygen atoms in total. The van der Waals surface area contributed by atoms with Crippen molar-refractivity contribution >= 4 is 22.6 Å². The van der Waals surface area contributed by atoms with E-state index >= 15 is 0 Å². The van der Waals surface area contributed by atoms with E-state index in [9.17, 15) is 5.11 Å². The van der Waals surface area contributed by atoms with Crippen molar-refractivity contribution in [2.75, 3.05) is 24.6 Å². The van der Waals surface area contributed by atoms with E-state index in [0.717, 1.165) is 11.0 Å². The number of hydrogen-bond donors (Lipinski definition) is 1. The van der Waals surface area contributed by atoms with Gasteiger partial charge in [0, 0.05) is 16.5 Å². The third-order valence-electron chi connectivity index (χ3n) is 2.81. The van der Waals surface area contributed by atoms with Gasteiger partial charge in [-0.15, -0.1) is 0 Å². The molecule has 1 saturated carbocycles. The molecule has 11 heavy (non-hydrogen) atoms. The third kappa shape index (κ3) is 1.87. The Hall–Kier alpha value is 0.650. The monoisotopic (exact) mass is 269 g/mol. The van der Waals surface area contributed by atoms with E-state index < -0.39 is 0 Å². The molecule has 0 amide bonds. The van der Waals surface area contributed by atoms with Crippen LogP contribution in [-0.2, 0) is 0 Å². The predicted octanol–water partition coefficient (Wildman–Crippen LogP) is 1.27. The Morgan fingerprint density at radius 3 is 2.45 bits per heavy atom. The van der Waals surface area contributed by atoms with Gasteiger partial charge in [-0.05, 0) is 26.3 Å². The van der Waals surface area contributed by atoms with Crippen molar-refractivity contribution in [3.63, 3.8) is 0 Å². The second kappa shape index (κ2) is 4.05. The molecule has 1 aliphatic carbocycles. The Labute approximate surface area is 82.1 Å². The van der Waals surface area contributed by atoms with Crippen LogP contribution in [-0.4, -0.2) is 40.2 Å². The second-order valence-electron chi connectivity index (χ2n) is 3.35. The summed E-state index contributed by atoms with van der Waals surface area (Å²) >= 11 is 2.38. The molecule has 66 valence electrons. The Balaban J connectivity index is 2.40. The lowest BCUT2D eigenvalue weighted by molar-refractivity contribution is -0.00847. The first-order valence-electron chi connectivity index (χ1n) is 4.13. The van der Waals surface area contributed by atoms with Gasteiger partial charge in [0.25, 0.3) is 0 Å². The summed E-state index contributed by atoms with van der Waals surface area (Å²) in [5, 5.41) is 9.19. The lowest BCUT2D eigenvalue weighted by Crippen LogP contribution is -2.55. The topological polar surface area (TPSA) is 23.5 Å². The summed E-state index contributed by atoms with van der Waals surface area (Å²) in [5.74, 6) is 0. The van der Waals surface area contributed by atoms with Crippen LogP contribution >= 0.6 is 22.6 Å². The molecule has 0 spiro atoms. The SMILES string of the molecule is CN(CCI)C1(CO)CCC1. The van der Waals surface area contributed by atoms with E-state index in [0.29, 0.717) is 6.61 Å². The quantitative estimate of drug-likeness (QED) is 0.613. The molecule has 0 aliphatic heterocycles. The van der Waals surface area contributed by atoms with Gasteiger partial charge in [0.05, 0.1) is 6.61 Å². The predicted molar refractivity (Wildman–Crippen MR) is 55.2 cm³/mol. The van der Waals surface area contributed by atoms with Crippen LogP contribution < -0.4 is 0 Å². The molecule has 0 aromatic rings. The molecule has 0 bridgehead atoms. The minimum absolute atomic E-state index is 0.158. The molecule has 0 aromatic carbocycles. The van der Waals surface area contributed by atoms with Gasteiger partial charge >= 0.3 is 0 Å². The second-order valence-corrected chi connectivity index (χ2v) is 4.43. The smallest absolute Gasteiger partial charge is 0.0615 e. The molecule has 1 fully saturated rings. The molecular formula is C8H16INO. The summed E-state index contributed by atoms with van der Waals surface area (Å²) in [5.41, 5.74) is 0.158. The van der Waals surface area contributed by atoms with E-state index in [1.165, 1.54) is 19.3 Å². The average Bonchev–Trinajstić information content (AvgIpc) is 1.87. The molecule has 3 heteroatoms. The zero-order chi connectivity index (χ0) is 8.32. The third-order valence-corrected chi connectivity index (χ3v) is 3.29. The van der Waals surface area contributed by atoms with E-state index in [4.69, 9.17) is 0 Å². The van der Waals surface area contributed by atoms with Crippen LogP contribution in [0.2, 0.25) is 0 Å². The first-order chi connectivity index (χ1) is 5.25. The van der Waals surface area contributed by atoms with Crippen LogP contribution in [0.3, 0.4) is 0 Å². The number of likely N-dealkylation sites (N-methyl/N-ethyl adjacent to an activating group) is 1. The molecule has 0 unspecified atom stereocenters. The minimum Gasteiger partial charge on any atom is -0.394 e. The average molecular weight is 269 g/mol. The highest BCUT2D eigenvalue weighted by Crippen LogP contribution is 2.36. The zero-order valence-electron chi connectivity index (χ0n) is 7.02. The van der Waals surface area contributed by atoms with E-state index in [1.54, 1.807) is 0 Å². The minimum atomic E-state index is 0.158. The molecule has 0 radical (unpaired) electrons. The summed E-state index contributed by atoms with van der Waals surface area (Å²) in [4.78, 5) is 2.31. The Kier molecular flexibility index (Phi) is 3.58. The maximum atomic E-state index is 9.19. The van der Waals surface area contributed by atoms with Crippen molar-refractivity contribution in [1.29, 1.82) is 0 Å². The van der Waals surface area contributed by atoms with E-state index in [2.05, 4.69) is 34.5 Å². The van der Waals surface area contributed by atoms with Gasteiger partial charge in [-0.3, -0.25) is 4.90 Å². The van der Waals surface area contributed by atoms with Crippen molar-refractivity contribution < 1.29 is 5.11 Å². The molecular weight excluding hydrogens is 253 g/mol. The number of aliphatic hydroxyl groups is 1. The lowest BCUT2D eigenvalue weighted by atomic mass is 9.76. The van der Waals surface area contributed by atoms with Crippen molar-refractivity contribution in [3.05, 3.63) is 0 Å². The molecule has 1 aliphatic rings. The number of halogens is 1. The summed E-state index contributed by atoms with van der Waals surface area (Å²) in [6.45, 7) is 1.43. The van der Waals surface area contributed by atoms with Gasteiger partial charge in [0.2, 0.25) is 0 Å². The number of aliphatic hydroxyl groups excluding tert-OH is 1. The maximum absolute atomic E-state index is 9.19. The van der Waals surface area contributed by atoms with Gasteiger partial charge < -0.3 is 5.11 Å². The fraction of sp³-hybridized carbons (Fsp3) is 1.00. The summed E-state index contributed by atoms with van der Waals surface area (Å²) in [6.07, 6.45) is 3.64. The first kappa shape index (κ1) is 9.74. The molecule has 0 aromatic heterocycles. The van der Waals surface area contributed by atoms with Crippen LogP contribution in [0.15, 0.2) is 0 Å². The van der Waals surface area contributed by atoms with Crippen LogP contribution in [0.1, 0.15) is 19.3 Å². The van der Waals surface area contributed by atoms with Crippen LogP contribution in [0.4, 0.5) is 0 Å². The molecule has 1 N–H and O–H groups in total. The van der Waals surface area contributed by atoms with Gasteiger partial charge in [-0.1, -0.05) is 22.6 Å². The fourth-order valence-corrected chi connectivity index (χ4v) is 2.33. The number of hydrogen-bond acceptors (Lipinski definition) is 2. The summed E-state index contributed by atoms with van der Waals surface area (Å²) < 4.78 is 1.15. The highest BCUT2D eigenvalue weighted by Gasteiger charge is 2.39. The van der Waals surface area contributed by atoms with Crippen LogP contribution in [0.25, 0.3) is 0 Å². The van der Waals surface area contributed by atoms with Crippen molar-refractivity contribution in [2.24, 2.45) is 0 Å². The molecule has 0 saturated heterocycles. The van der Waals surface area contributed by atoms with Crippen molar-refractivity contribution in [1.82, 2.24) is 4.90 Å². The van der Waals surface area contributed by atoms with Crippen LogP contribution in [0.5, 0.6) is 0 Å². The van der Waals surface area contributed by atoms with Crippen LogP contribution in [0, 0.1) is 0 Å². The van der Waals surface area contributed by atoms with Crippen molar-refractivity contribution in [2.45, 2.75) is 24.8 Å².